The number of halogens is 4. The predicted molar refractivity (Wildman–Crippen MR) is 95.8 cm³/mol. The van der Waals surface area contributed by atoms with Crippen LogP contribution in [0.1, 0.15) is 36.2 Å². The first kappa shape index (κ1) is 20.0. The Kier molecular flexibility index (Phi) is 6.47. The summed E-state index contributed by atoms with van der Waals surface area (Å²) in [5, 5.41) is 5.22. The molecule has 2 rings (SSSR count). The zero-order valence-corrected chi connectivity index (χ0v) is 15.1. The number of benzene rings is 1. The van der Waals surface area contributed by atoms with Crippen molar-refractivity contribution in [1.29, 1.82) is 0 Å². The monoisotopic (exact) mass is 385 g/mol. The minimum Gasteiger partial charge on any atom is -0.354 e. The molecule has 0 aliphatic heterocycles. The molecule has 4 nitrogen and oxygen atoms in total. The van der Waals surface area contributed by atoms with Gasteiger partial charge in [0.25, 0.3) is 5.91 Å². The fourth-order valence-electron chi connectivity index (χ4n) is 2.20. The zero-order chi connectivity index (χ0) is 19.3. The molecular weight excluding hydrogens is 367 g/mol. The van der Waals surface area contributed by atoms with Crippen LogP contribution in [0.5, 0.6) is 0 Å². The lowest BCUT2D eigenvalue weighted by atomic mass is 10.1. The highest BCUT2D eigenvalue weighted by Crippen LogP contribution is 2.36. The lowest BCUT2D eigenvalue weighted by Gasteiger charge is -2.13. The third-order valence-electron chi connectivity index (χ3n) is 3.57. The number of aromatic nitrogens is 1. The third-order valence-corrected chi connectivity index (χ3v) is 3.90. The Labute approximate surface area is 154 Å². The summed E-state index contributed by atoms with van der Waals surface area (Å²) in [6.07, 6.45) is -0.876. The smallest absolute Gasteiger partial charge is 0.354 e. The van der Waals surface area contributed by atoms with E-state index in [1.807, 2.05) is 0 Å². The largest absolute Gasteiger partial charge is 0.417 e. The number of rotatable bonds is 6. The molecule has 0 radical (unpaired) electrons. The van der Waals surface area contributed by atoms with E-state index in [4.69, 9.17) is 11.6 Å². The molecule has 8 heteroatoms. The van der Waals surface area contributed by atoms with Gasteiger partial charge < -0.3 is 10.6 Å². The quantitative estimate of drug-likeness (QED) is 0.711. The summed E-state index contributed by atoms with van der Waals surface area (Å²) >= 11 is 5.61. The Morgan fingerprint density at radius 2 is 1.92 bits per heavy atom. The summed E-state index contributed by atoms with van der Waals surface area (Å²) < 4.78 is 38.8. The second-order valence-corrected chi connectivity index (χ2v) is 6.63. The van der Waals surface area contributed by atoms with Gasteiger partial charge in [0.1, 0.15) is 0 Å². The highest BCUT2D eigenvalue weighted by molar-refractivity contribution is 6.31. The molecule has 2 aromatic rings. The maximum Gasteiger partial charge on any atom is 0.417 e. The molecular formula is C18H19ClF3N3O. The first-order valence-electron chi connectivity index (χ1n) is 8.04. The van der Waals surface area contributed by atoms with E-state index in [0.29, 0.717) is 23.7 Å². The highest BCUT2D eigenvalue weighted by atomic mass is 35.5. The average Bonchev–Trinajstić information content (AvgIpc) is 2.55. The number of hydrogen-bond donors (Lipinski definition) is 2. The number of carbonyl (C=O) groups is 1. The first-order chi connectivity index (χ1) is 12.2. The molecule has 140 valence electrons. The predicted octanol–water partition coefficient (Wildman–Crippen LogP) is 5.27. The summed E-state index contributed by atoms with van der Waals surface area (Å²) in [6, 6.07) is 5.03. The van der Waals surface area contributed by atoms with Gasteiger partial charge in [-0.2, -0.15) is 13.2 Å². The van der Waals surface area contributed by atoms with Gasteiger partial charge in [-0.05, 0) is 36.6 Å². The number of pyridine rings is 1. The van der Waals surface area contributed by atoms with Crippen molar-refractivity contribution in [2.45, 2.75) is 26.4 Å². The van der Waals surface area contributed by atoms with Crippen molar-refractivity contribution in [3.63, 3.8) is 0 Å². The number of anilines is 2. The summed E-state index contributed by atoms with van der Waals surface area (Å²) in [6.45, 7) is 4.65. The molecule has 1 aromatic heterocycles. The Bertz CT molecular complexity index is 779. The Morgan fingerprint density at radius 3 is 2.58 bits per heavy atom. The van der Waals surface area contributed by atoms with Gasteiger partial charge in [0.05, 0.1) is 28.0 Å². The molecule has 1 heterocycles. The van der Waals surface area contributed by atoms with E-state index in [9.17, 15) is 18.0 Å². The molecule has 1 aromatic carbocycles. The molecule has 2 N–H and O–H groups in total. The SMILES string of the molecule is CC(C)CCNC(=O)c1cncc(Nc2ccc(Cl)c(C(F)(F)F)c2)c1. The number of alkyl halides is 3. The second-order valence-electron chi connectivity index (χ2n) is 6.22. The third kappa shape index (κ3) is 5.62. The average molecular weight is 386 g/mol. The molecule has 0 bridgehead atoms. The van der Waals surface area contributed by atoms with Gasteiger partial charge in [0, 0.05) is 18.4 Å². The zero-order valence-electron chi connectivity index (χ0n) is 14.3. The lowest BCUT2D eigenvalue weighted by Crippen LogP contribution is -2.25. The molecule has 0 atom stereocenters. The number of amides is 1. The van der Waals surface area contributed by atoms with E-state index >= 15 is 0 Å². The topological polar surface area (TPSA) is 54.0 Å². The summed E-state index contributed by atoms with van der Waals surface area (Å²) in [5.41, 5.74) is -0.0127. The molecule has 0 unspecified atom stereocenters. The number of carbonyl (C=O) groups excluding carboxylic acids is 1. The van der Waals surface area contributed by atoms with Crippen molar-refractivity contribution >= 4 is 28.9 Å². The van der Waals surface area contributed by atoms with Crippen molar-refractivity contribution in [2.24, 2.45) is 5.92 Å². The van der Waals surface area contributed by atoms with E-state index in [-0.39, 0.29) is 16.6 Å². The molecule has 0 saturated heterocycles. The fraction of sp³-hybridized carbons (Fsp3) is 0.333. The van der Waals surface area contributed by atoms with Gasteiger partial charge in [-0.1, -0.05) is 25.4 Å². The van der Waals surface area contributed by atoms with Crippen molar-refractivity contribution in [1.82, 2.24) is 10.3 Å². The Balaban J connectivity index is 2.12. The molecule has 0 fully saturated rings. The molecule has 26 heavy (non-hydrogen) atoms. The van der Waals surface area contributed by atoms with Crippen LogP contribution in [-0.2, 0) is 6.18 Å². The van der Waals surface area contributed by atoms with Crippen molar-refractivity contribution in [3.05, 3.63) is 52.8 Å². The maximum absolute atomic E-state index is 12.9. The van der Waals surface area contributed by atoms with Crippen LogP contribution in [0.25, 0.3) is 0 Å². The van der Waals surface area contributed by atoms with Gasteiger partial charge in [0.2, 0.25) is 0 Å². The Hall–Kier alpha value is -2.28. The minimum atomic E-state index is -4.55. The second kappa shape index (κ2) is 8.40. The number of hydrogen-bond acceptors (Lipinski definition) is 3. The van der Waals surface area contributed by atoms with E-state index < -0.39 is 11.7 Å². The number of nitrogens with one attached hydrogen (secondary N) is 2. The van der Waals surface area contributed by atoms with Crippen molar-refractivity contribution in [3.8, 4) is 0 Å². The molecule has 1 amide bonds. The number of nitrogens with zero attached hydrogens (tertiary/aromatic N) is 1. The van der Waals surface area contributed by atoms with Gasteiger partial charge in [0.15, 0.2) is 0 Å². The van der Waals surface area contributed by atoms with Crippen LogP contribution in [0.3, 0.4) is 0 Å². The minimum absolute atomic E-state index is 0.195. The molecule has 0 saturated carbocycles. The van der Waals surface area contributed by atoms with Gasteiger partial charge in [-0.25, -0.2) is 0 Å². The van der Waals surface area contributed by atoms with Crippen LogP contribution in [0, 0.1) is 5.92 Å². The normalized spacial score (nSPS) is 11.5. The molecule has 0 aliphatic carbocycles. The van der Waals surface area contributed by atoms with Crippen LogP contribution < -0.4 is 10.6 Å². The van der Waals surface area contributed by atoms with Crippen LogP contribution in [0.4, 0.5) is 24.5 Å². The first-order valence-corrected chi connectivity index (χ1v) is 8.41. The van der Waals surface area contributed by atoms with Crippen LogP contribution >= 0.6 is 11.6 Å². The summed E-state index contributed by atoms with van der Waals surface area (Å²) in [4.78, 5) is 16.1. The van der Waals surface area contributed by atoms with Crippen molar-refractivity contribution < 1.29 is 18.0 Å². The summed E-state index contributed by atoms with van der Waals surface area (Å²) in [7, 11) is 0. The van der Waals surface area contributed by atoms with Gasteiger partial charge in [-0.3, -0.25) is 9.78 Å². The van der Waals surface area contributed by atoms with E-state index in [1.165, 1.54) is 30.6 Å². The summed E-state index contributed by atoms with van der Waals surface area (Å²) in [5.74, 6) is 0.183. The van der Waals surface area contributed by atoms with E-state index in [0.717, 1.165) is 12.5 Å². The van der Waals surface area contributed by atoms with Crippen molar-refractivity contribution in [2.75, 3.05) is 11.9 Å². The highest BCUT2D eigenvalue weighted by Gasteiger charge is 2.33. The van der Waals surface area contributed by atoms with E-state index in [2.05, 4.69) is 29.5 Å². The fourth-order valence-corrected chi connectivity index (χ4v) is 2.42. The van der Waals surface area contributed by atoms with E-state index in [1.54, 1.807) is 0 Å². The maximum atomic E-state index is 12.9. The van der Waals surface area contributed by atoms with Crippen LogP contribution in [0.2, 0.25) is 5.02 Å². The van der Waals surface area contributed by atoms with Gasteiger partial charge in [-0.15, -0.1) is 0 Å². The molecule has 0 aliphatic rings. The standard InChI is InChI=1S/C18H19ClF3N3O/c1-11(2)5-6-24-17(26)12-7-14(10-23-9-12)25-13-3-4-16(19)15(8-13)18(20,21)22/h3-4,7-11,25H,5-6H2,1-2H3,(H,24,26). The van der Waals surface area contributed by atoms with Crippen LogP contribution in [0.15, 0.2) is 36.7 Å². The lowest BCUT2D eigenvalue weighted by molar-refractivity contribution is -0.137. The van der Waals surface area contributed by atoms with Crippen LogP contribution in [-0.4, -0.2) is 17.4 Å². The Morgan fingerprint density at radius 1 is 1.19 bits per heavy atom. The molecule has 0 spiro atoms. The van der Waals surface area contributed by atoms with Gasteiger partial charge >= 0.3 is 6.18 Å².